The molecular weight excluding hydrogens is 322 g/mol. The van der Waals surface area contributed by atoms with Crippen molar-refractivity contribution in [2.24, 2.45) is 0 Å². The van der Waals surface area contributed by atoms with Gasteiger partial charge in [-0.1, -0.05) is 24.3 Å². The molecule has 124 valence electrons. The number of hydrogen-bond donors (Lipinski definition) is 3. The molecule has 2 amide bonds. The number of aryl methyl sites for hydroxylation is 1. The van der Waals surface area contributed by atoms with Crippen molar-refractivity contribution in [1.82, 2.24) is 10.6 Å². The first-order valence-corrected chi connectivity index (χ1v) is 7.98. The predicted molar refractivity (Wildman–Crippen MR) is 99.3 cm³/mol. The lowest BCUT2D eigenvalue weighted by Crippen LogP contribution is -2.34. The van der Waals surface area contributed by atoms with Crippen molar-refractivity contribution >= 4 is 34.8 Å². The van der Waals surface area contributed by atoms with Gasteiger partial charge in [-0.25, -0.2) is 0 Å². The highest BCUT2D eigenvalue weighted by molar-refractivity contribution is 7.80. The molecule has 5 nitrogen and oxygen atoms in total. The van der Waals surface area contributed by atoms with Crippen LogP contribution in [0.2, 0.25) is 0 Å². The maximum Gasteiger partial charge on any atom is 0.257 e. The first-order chi connectivity index (χ1) is 11.5. The second-order valence-electron chi connectivity index (χ2n) is 5.16. The third kappa shape index (κ3) is 4.63. The average Bonchev–Trinajstić information content (AvgIpc) is 2.55. The van der Waals surface area contributed by atoms with Crippen LogP contribution in [0.1, 0.15) is 33.2 Å². The van der Waals surface area contributed by atoms with Crippen LogP contribution in [0.25, 0.3) is 0 Å². The van der Waals surface area contributed by atoms with E-state index in [2.05, 4.69) is 16.0 Å². The van der Waals surface area contributed by atoms with Crippen LogP contribution in [-0.4, -0.2) is 23.5 Å². The van der Waals surface area contributed by atoms with Crippen molar-refractivity contribution in [3.63, 3.8) is 0 Å². The minimum Gasteiger partial charge on any atom is -0.352 e. The molecule has 0 atom stereocenters. The van der Waals surface area contributed by atoms with Crippen LogP contribution < -0.4 is 16.0 Å². The van der Waals surface area contributed by atoms with Gasteiger partial charge in [-0.05, 0) is 55.9 Å². The van der Waals surface area contributed by atoms with Crippen LogP contribution >= 0.6 is 12.2 Å². The number of carbonyl (C=O) groups excluding carboxylic acids is 2. The number of rotatable bonds is 4. The van der Waals surface area contributed by atoms with E-state index in [4.69, 9.17) is 12.2 Å². The smallest absolute Gasteiger partial charge is 0.257 e. The largest absolute Gasteiger partial charge is 0.352 e. The fraction of sp³-hybridized carbons (Fsp3) is 0.167. The third-order valence-corrected chi connectivity index (χ3v) is 3.54. The maximum absolute atomic E-state index is 12.2. The number of anilines is 1. The van der Waals surface area contributed by atoms with Crippen molar-refractivity contribution in [3.8, 4) is 0 Å². The summed E-state index contributed by atoms with van der Waals surface area (Å²) in [4.78, 5) is 24.1. The highest BCUT2D eigenvalue weighted by Crippen LogP contribution is 2.11. The van der Waals surface area contributed by atoms with Crippen LogP contribution in [0.4, 0.5) is 5.69 Å². The molecule has 2 aromatic rings. The standard InChI is InChI=1S/C18H19N3O2S/c1-3-19-16(22)13-8-6-9-14(11-13)20-18(24)21-17(23)15-10-5-4-7-12(15)2/h4-11H,3H2,1-2H3,(H,19,22)(H2,20,21,23,24). The number of benzene rings is 2. The zero-order valence-corrected chi connectivity index (χ0v) is 14.4. The van der Waals surface area contributed by atoms with Gasteiger partial charge in [-0.2, -0.15) is 0 Å². The molecule has 0 saturated carbocycles. The van der Waals surface area contributed by atoms with E-state index >= 15 is 0 Å². The molecule has 0 fully saturated rings. The topological polar surface area (TPSA) is 70.2 Å². The summed E-state index contributed by atoms with van der Waals surface area (Å²) in [6.07, 6.45) is 0. The Morgan fingerprint density at radius 1 is 1.04 bits per heavy atom. The Morgan fingerprint density at radius 2 is 1.79 bits per heavy atom. The molecule has 24 heavy (non-hydrogen) atoms. The Kier molecular flexibility index (Phi) is 6.03. The van der Waals surface area contributed by atoms with Crippen molar-refractivity contribution < 1.29 is 9.59 Å². The molecule has 0 bridgehead atoms. The molecule has 6 heteroatoms. The summed E-state index contributed by atoms with van der Waals surface area (Å²) in [7, 11) is 0. The first kappa shape index (κ1) is 17.6. The first-order valence-electron chi connectivity index (χ1n) is 7.57. The fourth-order valence-corrected chi connectivity index (χ4v) is 2.37. The molecule has 0 unspecified atom stereocenters. The molecule has 0 radical (unpaired) electrons. The maximum atomic E-state index is 12.2. The molecule has 0 saturated heterocycles. The van der Waals surface area contributed by atoms with Gasteiger partial charge in [0.25, 0.3) is 11.8 Å². The van der Waals surface area contributed by atoms with Crippen molar-refractivity contribution in [2.45, 2.75) is 13.8 Å². The molecule has 2 aromatic carbocycles. The van der Waals surface area contributed by atoms with E-state index < -0.39 is 0 Å². The lowest BCUT2D eigenvalue weighted by atomic mass is 10.1. The second-order valence-corrected chi connectivity index (χ2v) is 5.57. The van der Waals surface area contributed by atoms with Gasteiger partial charge in [0.1, 0.15) is 0 Å². The number of thiocarbonyl (C=S) groups is 1. The Labute approximate surface area is 146 Å². The quantitative estimate of drug-likeness (QED) is 0.748. The minimum atomic E-state index is -0.273. The van der Waals surface area contributed by atoms with E-state index in [9.17, 15) is 9.59 Å². The lowest BCUT2D eigenvalue weighted by molar-refractivity contribution is 0.0953. The van der Waals surface area contributed by atoms with Crippen LogP contribution in [-0.2, 0) is 0 Å². The predicted octanol–water partition coefficient (Wildman–Crippen LogP) is 2.87. The molecule has 0 spiro atoms. The van der Waals surface area contributed by atoms with Gasteiger partial charge in [0.15, 0.2) is 5.11 Å². The van der Waals surface area contributed by atoms with E-state index in [1.807, 2.05) is 26.0 Å². The van der Waals surface area contributed by atoms with Gasteiger partial charge in [0.05, 0.1) is 0 Å². The second kappa shape index (κ2) is 8.21. The lowest BCUT2D eigenvalue weighted by Gasteiger charge is -2.11. The van der Waals surface area contributed by atoms with Crippen LogP contribution in [0.3, 0.4) is 0 Å². The normalized spacial score (nSPS) is 9.92. The van der Waals surface area contributed by atoms with Crippen molar-refractivity contribution in [2.75, 3.05) is 11.9 Å². The van der Waals surface area contributed by atoms with Crippen LogP contribution in [0, 0.1) is 6.92 Å². The zero-order chi connectivity index (χ0) is 17.5. The van der Waals surface area contributed by atoms with Crippen LogP contribution in [0.5, 0.6) is 0 Å². The van der Waals surface area contributed by atoms with Gasteiger partial charge < -0.3 is 10.6 Å². The summed E-state index contributed by atoms with van der Waals surface area (Å²) in [5.41, 5.74) is 2.59. The summed E-state index contributed by atoms with van der Waals surface area (Å²) in [5.74, 6) is -0.429. The molecule has 3 N–H and O–H groups in total. The summed E-state index contributed by atoms with van der Waals surface area (Å²) >= 11 is 5.17. The fourth-order valence-electron chi connectivity index (χ4n) is 2.16. The summed E-state index contributed by atoms with van der Waals surface area (Å²) in [5, 5.41) is 8.47. The number of amides is 2. The highest BCUT2D eigenvalue weighted by atomic mass is 32.1. The molecular formula is C18H19N3O2S. The molecule has 0 aromatic heterocycles. The van der Waals surface area contributed by atoms with Gasteiger partial charge in [-0.3, -0.25) is 14.9 Å². The summed E-state index contributed by atoms with van der Waals surface area (Å²) in [6, 6.07) is 14.2. The zero-order valence-electron chi connectivity index (χ0n) is 13.6. The molecule has 0 heterocycles. The molecule has 0 aliphatic carbocycles. The third-order valence-electron chi connectivity index (χ3n) is 3.34. The van der Waals surface area contributed by atoms with Gasteiger partial charge >= 0.3 is 0 Å². The van der Waals surface area contributed by atoms with Crippen molar-refractivity contribution in [1.29, 1.82) is 0 Å². The number of nitrogens with one attached hydrogen (secondary N) is 3. The molecule has 0 aliphatic heterocycles. The molecule has 2 rings (SSSR count). The SMILES string of the molecule is CCNC(=O)c1cccc(NC(=S)NC(=O)c2ccccc2C)c1. The number of hydrogen-bond acceptors (Lipinski definition) is 3. The van der Waals surface area contributed by atoms with E-state index in [1.165, 1.54) is 0 Å². The summed E-state index contributed by atoms with van der Waals surface area (Å²) < 4.78 is 0. The monoisotopic (exact) mass is 341 g/mol. The van der Waals surface area contributed by atoms with E-state index in [0.29, 0.717) is 23.4 Å². The van der Waals surface area contributed by atoms with E-state index in [1.54, 1.807) is 36.4 Å². The Hall–Kier alpha value is -2.73. The van der Waals surface area contributed by atoms with Crippen LogP contribution in [0.15, 0.2) is 48.5 Å². The minimum absolute atomic E-state index is 0.156. The van der Waals surface area contributed by atoms with E-state index in [0.717, 1.165) is 5.56 Å². The van der Waals surface area contributed by atoms with Crippen molar-refractivity contribution in [3.05, 3.63) is 65.2 Å². The Bertz CT molecular complexity index is 774. The van der Waals surface area contributed by atoms with Gasteiger partial charge in [0.2, 0.25) is 0 Å². The molecule has 0 aliphatic rings. The highest BCUT2D eigenvalue weighted by Gasteiger charge is 2.11. The average molecular weight is 341 g/mol. The Morgan fingerprint density at radius 3 is 2.50 bits per heavy atom. The number of carbonyl (C=O) groups is 2. The Balaban J connectivity index is 2.02. The van der Waals surface area contributed by atoms with E-state index in [-0.39, 0.29) is 16.9 Å². The summed E-state index contributed by atoms with van der Waals surface area (Å²) in [6.45, 7) is 4.28. The van der Waals surface area contributed by atoms with Gasteiger partial charge in [0, 0.05) is 23.4 Å². The van der Waals surface area contributed by atoms with Gasteiger partial charge in [-0.15, -0.1) is 0 Å².